The molecule has 1 atom stereocenters. The maximum absolute atomic E-state index is 11.4. The molecule has 0 aromatic carbocycles. The van der Waals surface area contributed by atoms with Gasteiger partial charge in [-0.25, -0.2) is 4.79 Å². The largest absolute Gasteiger partial charge is 0.432 e. The summed E-state index contributed by atoms with van der Waals surface area (Å²) in [6.07, 6.45) is 4.15. The van der Waals surface area contributed by atoms with E-state index in [1.165, 1.54) is 12.8 Å². The molecule has 0 amide bonds. The molecule has 0 saturated heterocycles. The van der Waals surface area contributed by atoms with Crippen LogP contribution in [0.3, 0.4) is 0 Å². The zero-order valence-corrected chi connectivity index (χ0v) is 11.6. The van der Waals surface area contributed by atoms with E-state index in [4.69, 9.17) is 9.47 Å². The van der Waals surface area contributed by atoms with E-state index < -0.39 is 6.29 Å². The molecule has 0 N–H and O–H groups in total. The van der Waals surface area contributed by atoms with Crippen molar-refractivity contribution in [1.82, 2.24) is 0 Å². The van der Waals surface area contributed by atoms with Crippen LogP contribution in [0.5, 0.6) is 0 Å². The molecule has 0 spiro atoms. The lowest BCUT2D eigenvalue weighted by atomic mass is 10.2. The SMILES string of the molecule is C=C(C)C(=O)OC(OCCCCCC)C(C)C. The summed E-state index contributed by atoms with van der Waals surface area (Å²) in [5.74, 6) is -0.221. The monoisotopic (exact) mass is 242 g/mol. The first kappa shape index (κ1) is 16.2. The lowest BCUT2D eigenvalue weighted by Gasteiger charge is -2.21. The van der Waals surface area contributed by atoms with Crippen LogP contribution < -0.4 is 0 Å². The second-order valence-corrected chi connectivity index (χ2v) is 4.73. The zero-order chi connectivity index (χ0) is 13.3. The Kier molecular flexibility index (Phi) is 8.78. The van der Waals surface area contributed by atoms with Crippen LogP contribution in [0.1, 0.15) is 53.4 Å². The van der Waals surface area contributed by atoms with Crippen molar-refractivity contribution in [2.24, 2.45) is 5.92 Å². The van der Waals surface area contributed by atoms with Crippen LogP contribution in [0.2, 0.25) is 0 Å². The van der Waals surface area contributed by atoms with Crippen LogP contribution in [0.25, 0.3) is 0 Å². The van der Waals surface area contributed by atoms with Gasteiger partial charge in [0.1, 0.15) is 0 Å². The smallest absolute Gasteiger partial charge is 0.335 e. The molecule has 0 aliphatic heterocycles. The molecule has 100 valence electrons. The second kappa shape index (κ2) is 9.23. The molecule has 0 aliphatic carbocycles. The quantitative estimate of drug-likeness (QED) is 0.268. The first-order valence-electron chi connectivity index (χ1n) is 6.47. The lowest BCUT2D eigenvalue weighted by Crippen LogP contribution is -2.27. The van der Waals surface area contributed by atoms with Crippen LogP contribution in [0, 0.1) is 5.92 Å². The molecule has 0 aliphatic rings. The average molecular weight is 242 g/mol. The molecule has 3 nitrogen and oxygen atoms in total. The highest BCUT2D eigenvalue weighted by molar-refractivity contribution is 5.87. The van der Waals surface area contributed by atoms with E-state index >= 15 is 0 Å². The van der Waals surface area contributed by atoms with Crippen LogP contribution in [-0.2, 0) is 14.3 Å². The summed E-state index contributed by atoms with van der Waals surface area (Å²) < 4.78 is 10.8. The zero-order valence-electron chi connectivity index (χ0n) is 11.6. The molecular formula is C14H26O3. The van der Waals surface area contributed by atoms with Gasteiger partial charge >= 0.3 is 5.97 Å². The number of esters is 1. The van der Waals surface area contributed by atoms with E-state index in [-0.39, 0.29) is 11.9 Å². The first-order chi connectivity index (χ1) is 7.99. The number of carbonyl (C=O) groups is 1. The van der Waals surface area contributed by atoms with Crippen molar-refractivity contribution in [3.8, 4) is 0 Å². The molecule has 3 heteroatoms. The number of rotatable bonds is 9. The third-order valence-corrected chi connectivity index (χ3v) is 2.40. The highest BCUT2D eigenvalue weighted by atomic mass is 16.7. The molecule has 0 saturated carbocycles. The van der Waals surface area contributed by atoms with Gasteiger partial charge in [0.2, 0.25) is 6.29 Å². The maximum Gasteiger partial charge on any atom is 0.335 e. The fourth-order valence-corrected chi connectivity index (χ4v) is 1.30. The molecule has 1 unspecified atom stereocenters. The molecule has 0 aromatic heterocycles. The molecule has 0 aromatic rings. The molecule has 17 heavy (non-hydrogen) atoms. The van der Waals surface area contributed by atoms with Gasteiger partial charge in [-0.1, -0.05) is 46.6 Å². The minimum atomic E-state index is -0.458. The van der Waals surface area contributed by atoms with Crippen LogP contribution in [-0.4, -0.2) is 18.9 Å². The summed E-state index contributed by atoms with van der Waals surface area (Å²) in [4.78, 5) is 11.4. The van der Waals surface area contributed by atoms with E-state index in [1.807, 2.05) is 13.8 Å². The average Bonchev–Trinajstić information content (AvgIpc) is 2.26. The number of unbranched alkanes of at least 4 members (excludes halogenated alkanes) is 3. The van der Waals surface area contributed by atoms with Gasteiger partial charge in [0.05, 0.1) is 6.61 Å². The predicted octanol–water partition coefficient (Wildman–Crippen LogP) is 3.68. The Morgan fingerprint density at radius 1 is 1.24 bits per heavy atom. The third kappa shape index (κ3) is 7.97. The van der Waals surface area contributed by atoms with E-state index in [9.17, 15) is 4.79 Å². The number of hydrogen-bond donors (Lipinski definition) is 0. The van der Waals surface area contributed by atoms with Crippen molar-refractivity contribution >= 4 is 5.97 Å². The summed E-state index contributed by atoms with van der Waals surface area (Å²) in [5, 5.41) is 0. The molecule has 0 fully saturated rings. The Bertz CT molecular complexity index is 234. The molecular weight excluding hydrogens is 216 g/mol. The summed E-state index contributed by atoms with van der Waals surface area (Å²) in [5.41, 5.74) is 0.408. The van der Waals surface area contributed by atoms with Gasteiger partial charge in [0.25, 0.3) is 0 Å². The van der Waals surface area contributed by atoms with Gasteiger partial charge in [-0.2, -0.15) is 0 Å². The Labute approximate surface area is 105 Å². The summed E-state index contributed by atoms with van der Waals surface area (Å²) in [6.45, 7) is 12.0. The molecule has 0 bridgehead atoms. The van der Waals surface area contributed by atoms with E-state index in [1.54, 1.807) is 6.92 Å². The minimum absolute atomic E-state index is 0.157. The van der Waals surface area contributed by atoms with Gasteiger partial charge < -0.3 is 9.47 Å². The topological polar surface area (TPSA) is 35.5 Å². The summed E-state index contributed by atoms with van der Waals surface area (Å²) in [7, 11) is 0. The molecule has 0 heterocycles. The number of carbonyl (C=O) groups excluding carboxylic acids is 1. The highest BCUT2D eigenvalue weighted by Gasteiger charge is 2.18. The Balaban J connectivity index is 3.91. The normalized spacial score (nSPS) is 12.5. The van der Waals surface area contributed by atoms with Gasteiger partial charge in [0.15, 0.2) is 0 Å². The van der Waals surface area contributed by atoms with Crippen molar-refractivity contribution in [3.05, 3.63) is 12.2 Å². The van der Waals surface area contributed by atoms with Gasteiger partial charge in [0, 0.05) is 11.5 Å². The fraction of sp³-hybridized carbons (Fsp3) is 0.786. The number of hydrogen-bond acceptors (Lipinski definition) is 3. The lowest BCUT2D eigenvalue weighted by molar-refractivity contribution is -0.184. The highest BCUT2D eigenvalue weighted by Crippen LogP contribution is 2.12. The van der Waals surface area contributed by atoms with E-state index in [2.05, 4.69) is 13.5 Å². The summed E-state index contributed by atoms with van der Waals surface area (Å²) >= 11 is 0. The van der Waals surface area contributed by atoms with E-state index in [0.29, 0.717) is 12.2 Å². The Morgan fingerprint density at radius 3 is 2.35 bits per heavy atom. The van der Waals surface area contributed by atoms with Gasteiger partial charge in [-0.3, -0.25) is 0 Å². The van der Waals surface area contributed by atoms with Crippen molar-refractivity contribution in [2.75, 3.05) is 6.61 Å². The van der Waals surface area contributed by atoms with Crippen molar-refractivity contribution < 1.29 is 14.3 Å². The van der Waals surface area contributed by atoms with E-state index in [0.717, 1.165) is 12.8 Å². The Hall–Kier alpha value is -0.830. The van der Waals surface area contributed by atoms with Crippen molar-refractivity contribution in [1.29, 1.82) is 0 Å². The van der Waals surface area contributed by atoms with Gasteiger partial charge in [-0.15, -0.1) is 0 Å². The first-order valence-corrected chi connectivity index (χ1v) is 6.47. The van der Waals surface area contributed by atoms with Crippen molar-refractivity contribution in [2.45, 2.75) is 59.7 Å². The maximum atomic E-state index is 11.4. The third-order valence-electron chi connectivity index (χ3n) is 2.40. The predicted molar refractivity (Wildman–Crippen MR) is 69.6 cm³/mol. The van der Waals surface area contributed by atoms with Crippen molar-refractivity contribution in [3.63, 3.8) is 0 Å². The molecule has 0 rings (SSSR count). The van der Waals surface area contributed by atoms with Crippen LogP contribution in [0.4, 0.5) is 0 Å². The van der Waals surface area contributed by atoms with Crippen LogP contribution in [0.15, 0.2) is 12.2 Å². The summed E-state index contributed by atoms with van der Waals surface area (Å²) in [6, 6.07) is 0. The minimum Gasteiger partial charge on any atom is -0.432 e. The van der Waals surface area contributed by atoms with Crippen LogP contribution >= 0.6 is 0 Å². The standard InChI is InChI=1S/C14H26O3/c1-6-7-8-9-10-16-14(12(4)5)17-13(15)11(2)3/h12,14H,2,6-10H2,1,3-5H3. The van der Waals surface area contributed by atoms with Gasteiger partial charge in [-0.05, 0) is 13.3 Å². The number of ether oxygens (including phenoxy) is 2. The Morgan fingerprint density at radius 2 is 1.88 bits per heavy atom. The molecule has 0 radical (unpaired) electrons. The second-order valence-electron chi connectivity index (χ2n) is 4.73. The fourth-order valence-electron chi connectivity index (χ4n) is 1.30.